The molecule has 2 nitrogen and oxygen atoms in total. The van der Waals surface area contributed by atoms with Crippen LogP contribution in [0.5, 0.6) is 0 Å². The Morgan fingerprint density at radius 3 is 1.94 bits per heavy atom. The lowest BCUT2D eigenvalue weighted by molar-refractivity contribution is 0.654. The first-order valence-electron chi connectivity index (χ1n) is 18.7. The smallest absolute Gasteiger partial charge is 0.135 e. The molecule has 2 heterocycles. The molecule has 53 heavy (non-hydrogen) atoms. The van der Waals surface area contributed by atoms with Crippen LogP contribution in [0.2, 0.25) is 0 Å². The van der Waals surface area contributed by atoms with Crippen LogP contribution in [0.3, 0.4) is 0 Å². The third-order valence-corrected chi connectivity index (χ3v) is 12.2. The Labute approximate surface area is 314 Å². The Balaban J connectivity index is 1.03. The fraction of sp³-hybridized carbons (Fsp3) is 0.120. The first-order chi connectivity index (χ1) is 26.1. The Kier molecular flexibility index (Phi) is 7.77. The summed E-state index contributed by atoms with van der Waals surface area (Å²) in [5.41, 5.74) is 13.1. The molecule has 2 atom stereocenters. The van der Waals surface area contributed by atoms with E-state index in [0.717, 1.165) is 46.2 Å². The summed E-state index contributed by atoms with van der Waals surface area (Å²) in [4.78, 5) is 2.45. The van der Waals surface area contributed by atoms with Gasteiger partial charge in [-0.15, -0.1) is 11.3 Å². The van der Waals surface area contributed by atoms with Crippen LogP contribution in [0.15, 0.2) is 185 Å². The summed E-state index contributed by atoms with van der Waals surface area (Å²) in [6, 6.07) is 48.6. The van der Waals surface area contributed by atoms with Crippen LogP contribution in [-0.2, 0) is 0 Å². The second kappa shape index (κ2) is 12.9. The van der Waals surface area contributed by atoms with E-state index in [9.17, 15) is 0 Å². The maximum Gasteiger partial charge on any atom is 0.135 e. The predicted molar refractivity (Wildman–Crippen MR) is 227 cm³/mol. The number of benzene rings is 6. The lowest BCUT2D eigenvalue weighted by atomic mass is 9.82. The van der Waals surface area contributed by atoms with Crippen LogP contribution in [0.4, 0.5) is 11.4 Å². The van der Waals surface area contributed by atoms with E-state index in [1.807, 2.05) is 23.5 Å². The maximum absolute atomic E-state index is 6.11. The monoisotopic (exact) mass is 701 g/mol. The van der Waals surface area contributed by atoms with Gasteiger partial charge in [-0.05, 0) is 125 Å². The maximum atomic E-state index is 6.11. The summed E-state index contributed by atoms with van der Waals surface area (Å²) in [5, 5.41) is 4.96. The van der Waals surface area contributed by atoms with Crippen molar-refractivity contribution in [2.45, 2.75) is 26.7 Å². The highest BCUT2D eigenvalue weighted by molar-refractivity contribution is 7.25. The van der Waals surface area contributed by atoms with Gasteiger partial charge in [-0.25, -0.2) is 0 Å². The summed E-state index contributed by atoms with van der Waals surface area (Å²) < 4.78 is 8.78. The van der Waals surface area contributed by atoms with Crippen molar-refractivity contribution < 1.29 is 4.42 Å². The molecule has 3 heteroatoms. The number of fused-ring (bicyclic) bond motifs is 6. The number of hydrogen-bond acceptors (Lipinski definition) is 3. The van der Waals surface area contributed by atoms with Crippen molar-refractivity contribution in [3.05, 3.63) is 181 Å². The van der Waals surface area contributed by atoms with Crippen molar-refractivity contribution in [3.63, 3.8) is 0 Å². The van der Waals surface area contributed by atoms with Crippen molar-refractivity contribution in [2.24, 2.45) is 11.8 Å². The Morgan fingerprint density at radius 1 is 0.585 bits per heavy atom. The van der Waals surface area contributed by atoms with Crippen LogP contribution in [-0.4, -0.2) is 0 Å². The normalized spacial score (nSPS) is 17.4. The molecular weight excluding hydrogens is 663 g/mol. The van der Waals surface area contributed by atoms with Crippen molar-refractivity contribution in [3.8, 4) is 22.3 Å². The minimum atomic E-state index is 0.404. The van der Waals surface area contributed by atoms with E-state index >= 15 is 0 Å². The van der Waals surface area contributed by atoms with Crippen LogP contribution in [0.1, 0.15) is 26.7 Å². The molecule has 0 fully saturated rings. The van der Waals surface area contributed by atoms with Crippen molar-refractivity contribution >= 4 is 64.8 Å². The summed E-state index contributed by atoms with van der Waals surface area (Å²) in [6.07, 6.45) is 13.9. The van der Waals surface area contributed by atoms with E-state index in [2.05, 4.69) is 170 Å². The molecule has 0 saturated carbocycles. The van der Waals surface area contributed by atoms with Crippen molar-refractivity contribution in [2.75, 3.05) is 4.90 Å². The van der Waals surface area contributed by atoms with E-state index in [1.165, 1.54) is 59.3 Å². The quantitative estimate of drug-likeness (QED) is 0.172. The molecule has 0 bridgehead atoms. The molecule has 256 valence electrons. The van der Waals surface area contributed by atoms with E-state index in [0.29, 0.717) is 11.8 Å². The Morgan fingerprint density at radius 2 is 1.21 bits per heavy atom. The van der Waals surface area contributed by atoms with Gasteiger partial charge in [-0.3, -0.25) is 0 Å². The van der Waals surface area contributed by atoms with Crippen molar-refractivity contribution in [1.29, 1.82) is 0 Å². The lowest BCUT2D eigenvalue weighted by Gasteiger charge is -2.33. The number of para-hydroxylation sites is 1. The zero-order chi connectivity index (χ0) is 35.5. The SMILES string of the molecule is CC1C=C(C2=CC=C(N(c3ccc(-c4ccc5oc6ccccc6c5c4)cc3)c3ccc(-c4ccc5sc6ccccc6c5c4)cc3)CC2C)C=CC1. The molecule has 2 aliphatic rings. The van der Waals surface area contributed by atoms with Gasteiger partial charge < -0.3 is 9.32 Å². The third-order valence-electron chi connectivity index (χ3n) is 11.1. The highest BCUT2D eigenvalue weighted by atomic mass is 32.1. The zero-order valence-electron chi connectivity index (χ0n) is 29.9. The van der Waals surface area contributed by atoms with Gasteiger partial charge in [0.15, 0.2) is 0 Å². The lowest BCUT2D eigenvalue weighted by Crippen LogP contribution is -2.21. The largest absolute Gasteiger partial charge is 0.456 e. The second-order valence-electron chi connectivity index (χ2n) is 14.7. The van der Waals surface area contributed by atoms with Gasteiger partial charge in [0.2, 0.25) is 0 Å². The van der Waals surface area contributed by atoms with Gasteiger partial charge in [0.05, 0.1) is 0 Å². The van der Waals surface area contributed by atoms with E-state index in [1.54, 1.807) is 0 Å². The number of furan rings is 1. The molecule has 10 rings (SSSR count). The fourth-order valence-electron chi connectivity index (χ4n) is 8.32. The molecule has 2 unspecified atom stereocenters. The average Bonchev–Trinajstić information content (AvgIpc) is 3.76. The van der Waals surface area contributed by atoms with Gasteiger partial charge in [0.1, 0.15) is 11.2 Å². The summed E-state index contributed by atoms with van der Waals surface area (Å²) in [7, 11) is 0. The van der Waals surface area contributed by atoms with Crippen LogP contribution >= 0.6 is 11.3 Å². The minimum Gasteiger partial charge on any atom is -0.456 e. The molecule has 2 aliphatic carbocycles. The number of nitrogens with zero attached hydrogens (tertiary/aromatic N) is 1. The molecule has 0 N–H and O–H groups in total. The molecule has 0 aliphatic heterocycles. The molecule has 0 spiro atoms. The minimum absolute atomic E-state index is 0.404. The highest BCUT2D eigenvalue weighted by Gasteiger charge is 2.24. The number of rotatable bonds is 6. The fourth-order valence-corrected chi connectivity index (χ4v) is 9.41. The first kappa shape index (κ1) is 31.8. The summed E-state index contributed by atoms with van der Waals surface area (Å²) in [6.45, 7) is 4.68. The van der Waals surface area contributed by atoms with Gasteiger partial charge in [-0.2, -0.15) is 0 Å². The standard InChI is InChI=1S/C50H39NOS/c1-32-8-7-9-38(28-32)42-25-24-41(29-33(42)2)51(39-20-14-34(15-21-39)36-18-26-48-45(30-36)43-10-3-5-12-47(43)52-48)40-22-16-35(17-23-40)37-19-27-50-46(31-37)44-11-4-6-13-49(44)53-50/h3-7,9-28,30-33H,8,29H2,1-2H3. The number of hydrogen-bond donors (Lipinski definition) is 0. The van der Waals surface area contributed by atoms with Crippen molar-refractivity contribution in [1.82, 2.24) is 0 Å². The molecule has 8 aromatic rings. The molecule has 0 radical (unpaired) electrons. The highest BCUT2D eigenvalue weighted by Crippen LogP contribution is 2.42. The number of thiophene rings is 1. The Hall–Kier alpha value is -5.90. The van der Waals surface area contributed by atoms with Gasteiger partial charge in [-0.1, -0.05) is 111 Å². The zero-order valence-corrected chi connectivity index (χ0v) is 30.7. The van der Waals surface area contributed by atoms with E-state index < -0.39 is 0 Å². The predicted octanol–water partition coefficient (Wildman–Crippen LogP) is 14.8. The number of allylic oxidation sites excluding steroid dienone is 8. The van der Waals surface area contributed by atoms with Crippen LogP contribution < -0.4 is 4.90 Å². The van der Waals surface area contributed by atoms with Gasteiger partial charge >= 0.3 is 0 Å². The molecule has 0 amide bonds. The van der Waals surface area contributed by atoms with Crippen LogP contribution in [0, 0.1) is 11.8 Å². The van der Waals surface area contributed by atoms with Gasteiger partial charge in [0.25, 0.3) is 0 Å². The molecule has 0 saturated heterocycles. The van der Waals surface area contributed by atoms with E-state index in [-0.39, 0.29) is 0 Å². The van der Waals surface area contributed by atoms with Gasteiger partial charge in [0, 0.05) is 48.0 Å². The van der Waals surface area contributed by atoms with Crippen LogP contribution in [0.25, 0.3) is 64.4 Å². The average molecular weight is 702 g/mol. The van der Waals surface area contributed by atoms with E-state index in [4.69, 9.17) is 4.42 Å². The second-order valence-corrected chi connectivity index (χ2v) is 15.8. The molecular formula is C50H39NOS. The summed E-state index contributed by atoms with van der Waals surface area (Å²) >= 11 is 1.87. The summed E-state index contributed by atoms with van der Waals surface area (Å²) in [5.74, 6) is 0.982. The first-order valence-corrected chi connectivity index (χ1v) is 19.5. The number of anilines is 2. The third kappa shape index (κ3) is 5.73. The molecule has 2 aromatic heterocycles. The molecule has 6 aromatic carbocycles. The Bertz CT molecular complexity index is 2650. The topological polar surface area (TPSA) is 16.4 Å².